The number of likely N-dealkylation sites (tertiary alicyclic amines) is 1. The van der Waals surface area contributed by atoms with Crippen LogP contribution in [0.2, 0.25) is 0 Å². The zero-order chi connectivity index (χ0) is 14.8. The molecule has 0 N–H and O–H groups in total. The topological polar surface area (TPSA) is 33.2 Å². The summed E-state index contributed by atoms with van der Waals surface area (Å²) in [5, 5.41) is 0. The molecule has 0 aliphatic carbocycles. The van der Waals surface area contributed by atoms with E-state index in [1.165, 1.54) is 6.07 Å². The van der Waals surface area contributed by atoms with Gasteiger partial charge in [-0.05, 0) is 55.2 Å². The van der Waals surface area contributed by atoms with Gasteiger partial charge in [0.1, 0.15) is 5.82 Å². The molecule has 1 atom stereocenters. The van der Waals surface area contributed by atoms with Gasteiger partial charge in [-0.25, -0.2) is 4.39 Å². The fourth-order valence-corrected chi connectivity index (χ4v) is 2.87. The molecule has 0 bridgehead atoms. The number of aryl methyl sites for hydroxylation is 1. The molecule has 1 aliphatic heterocycles. The lowest BCUT2D eigenvalue weighted by Gasteiger charge is -2.25. The van der Waals surface area contributed by atoms with Crippen LogP contribution >= 0.6 is 0 Å². The molecule has 1 unspecified atom stereocenters. The van der Waals surface area contributed by atoms with Crippen molar-refractivity contribution in [1.82, 2.24) is 9.88 Å². The van der Waals surface area contributed by atoms with Gasteiger partial charge < -0.3 is 4.90 Å². The average molecular weight is 284 g/mol. The Morgan fingerprint density at radius 3 is 2.95 bits per heavy atom. The van der Waals surface area contributed by atoms with Crippen molar-refractivity contribution < 1.29 is 9.18 Å². The Morgan fingerprint density at radius 1 is 1.38 bits per heavy atom. The van der Waals surface area contributed by atoms with Crippen LogP contribution in [0.4, 0.5) is 4.39 Å². The molecule has 0 radical (unpaired) electrons. The SMILES string of the molecule is Cc1cc(C(=O)N2CCCC2c2cccnc2)ccc1F. The molecule has 4 heteroatoms. The third-order valence-corrected chi connectivity index (χ3v) is 3.99. The molecule has 0 spiro atoms. The van der Waals surface area contributed by atoms with E-state index in [0.717, 1.165) is 24.9 Å². The smallest absolute Gasteiger partial charge is 0.254 e. The fourth-order valence-electron chi connectivity index (χ4n) is 2.87. The van der Waals surface area contributed by atoms with Gasteiger partial charge in [0.2, 0.25) is 0 Å². The molecular formula is C17H17FN2O. The van der Waals surface area contributed by atoms with Crippen LogP contribution in [0.1, 0.15) is 40.4 Å². The highest BCUT2D eigenvalue weighted by molar-refractivity contribution is 5.94. The van der Waals surface area contributed by atoms with E-state index in [-0.39, 0.29) is 17.8 Å². The summed E-state index contributed by atoms with van der Waals surface area (Å²) >= 11 is 0. The summed E-state index contributed by atoms with van der Waals surface area (Å²) in [5.74, 6) is -0.318. The van der Waals surface area contributed by atoms with E-state index in [1.54, 1.807) is 25.3 Å². The van der Waals surface area contributed by atoms with Gasteiger partial charge >= 0.3 is 0 Å². The van der Waals surface area contributed by atoms with Crippen LogP contribution in [0.5, 0.6) is 0 Å². The Kier molecular flexibility index (Phi) is 3.69. The summed E-state index contributed by atoms with van der Waals surface area (Å²) in [5.41, 5.74) is 2.10. The first-order chi connectivity index (χ1) is 10.2. The van der Waals surface area contributed by atoms with Crippen molar-refractivity contribution in [2.24, 2.45) is 0 Å². The van der Waals surface area contributed by atoms with Crippen LogP contribution in [0.25, 0.3) is 0 Å². The van der Waals surface area contributed by atoms with Crippen molar-refractivity contribution in [1.29, 1.82) is 0 Å². The number of pyridine rings is 1. The Morgan fingerprint density at radius 2 is 2.24 bits per heavy atom. The van der Waals surface area contributed by atoms with Gasteiger partial charge in [-0.2, -0.15) is 0 Å². The predicted octanol–water partition coefficient (Wildman–Crippen LogP) is 3.51. The van der Waals surface area contributed by atoms with Crippen LogP contribution in [0.15, 0.2) is 42.7 Å². The minimum atomic E-state index is -0.281. The number of carbonyl (C=O) groups is 1. The highest BCUT2D eigenvalue weighted by atomic mass is 19.1. The predicted molar refractivity (Wildman–Crippen MR) is 78.4 cm³/mol. The van der Waals surface area contributed by atoms with Crippen molar-refractivity contribution >= 4 is 5.91 Å². The van der Waals surface area contributed by atoms with Crippen molar-refractivity contribution in [3.63, 3.8) is 0 Å². The van der Waals surface area contributed by atoms with Gasteiger partial charge in [0.15, 0.2) is 0 Å². The van der Waals surface area contributed by atoms with Gasteiger partial charge in [-0.1, -0.05) is 6.07 Å². The minimum Gasteiger partial charge on any atom is -0.332 e. The molecule has 1 aromatic heterocycles. The fraction of sp³-hybridized carbons (Fsp3) is 0.294. The second kappa shape index (κ2) is 5.64. The number of nitrogens with zero attached hydrogens (tertiary/aromatic N) is 2. The first-order valence-corrected chi connectivity index (χ1v) is 7.14. The molecule has 2 heterocycles. The zero-order valence-corrected chi connectivity index (χ0v) is 11.9. The summed E-state index contributed by atoms with van der Waals surface area (Å²) in [7, 11) is 0. The van der Waals surface area contributed by atoms with E-state index in [4.69, 9.17) is 0 Å². The van der Waals surface area contributed by atoms with Crippen LogP contribution in [0.3, 0.4) is 0 Å². The monoisotopic (exact) mass is 284 g/mol. The van der Waals surface area contributed by atoms with Crippen LogP contribution in [-0.2, 0) is 0 Å². The molecule has 108 valence electrons. The normalized spacial score (nSPS) is 18.0. The number of aromatic nitrogens is 1. The molecule has 1 aromatic carbocycles. The number of benzene rings is 1. The number of halogens is 1. The summed E-state index contributed by atoms with van der Waals surface area (Å²) in [4.78, 5) is 18.7. The van der Waals surface area contributed by atoms with Gasteiger partial charge in [0, 0.05) is 24.5 Å². The molecule has 1 fully saturated rings. The molecule has 0 saturated carbocycles. The van der Waals surface area contributed by atoms with E-state index in [2.05, 4.69) is 4.98 Å². The summed E-state index contributed by atoms with van der Waals surface area (Å²) in [6.07, 6.45) is 5.46. The van der Waals surface area contributed by atoms with E-state index in [9.17, 15) is 9.18 Å². The highest BCUT2D eigenvalue weighted by Crippen LogP contribution is 2.32. The number of hydrogen-bond acceptors (Lipinski definition) is 2. The van der Waals surface area contributed by atoms with E-state index in [0.29, 0.717) is 11.1 Å². The van der Waals surface area contributed by atoms with Crippen LogP contribution < -0.4 is 0 Å². The Labute approximate surface area is 123 Å². The molecule has 1 amide bonds. The molecule has 1 saturated heterocycles. The number of rotatable bonds is 2. The Hall–Kier alpha value is -2.23. The summed E-state index contributed by atoms with van der Waals surface area (Å²) in [6.45, 7) is 2.41. The zero-order valence-electron chi connectivity index (χ0n) is 11.9. The first-order valence-electron chi connectivity index (χ1n) is 7.14. The second-order valence-electron chi connectivity index (χ2n) is 5.41. The lowest BCUT2D eigenvalue weighted by atomic mass is 10.1. The molecular weight excluding hydrogens is 267 g/mol. The first kappa shape index (κ1) is 13.7. The summed E-state index contributed by atoms with van der Waals surface area (Å²) < 4.78 is 13.3. The maximum atomic E-state index is 13.3. The second-order valence-corrected chi connectivity index (χ2v) is 5.41. The quantitative estimate of drug-likeness (QED) is 0.845. The third-order valence-electron chi connectivity index (χ3n) is 3.99. The molecule has 3 rings (SSSR count). The van der Waals surface area contributed by atoms with E-state index < -0.39 is 0 Å². The van der Waals surface area contributed by atoms with E-state index >= 15 is 0 Å². The lowest BCUT2D eigenvalue weighted by Crippen LogP contribution is -2.30. The summed E-state index contributed by atoms with van der Waals surface area (Å²) in [6, 6.07) is 8.49. The maximum Gasteiger partial charge on any atom is 0.254 e. The Balaban J connectivity index is 1.88. The van der Waals surface area contributed by atoms with E-state index in [1.807, 2.05) is 23.2 Å². The average Bonchev–Trinajstić information content (AvgIpc) is 2.99. The highest BCUT2D eigenvalue weighted by Gasteiger charge is 2.30. The van der Waals surface area contributed by atoms with Crippen molar-refractivity contribution in [3.05, 3.63) is 65.2 Å². The van der Waals surface area contributed by atoms with Crippen molar-refractivity contribution in [2.45, 2.75) is 25.8 Å². The number of hydrogen-bond donors (Lipinski definition) is 0. The molecule has 3 nitrogen and oxygen atoms in total. The van der Waals surface area contributed by atoms with Gasteiger partial charge in [0.05, 0.1) is 6.04 Å². The van der Waals surface area contributed by atoms with Crippen LogP contribution in [0, 0.1) is 12.7 Å². The van der Waals surface area contributed by atoms with Crippen molar-refractivity contribution in [3.8, 4) is 0 Å². The largest absolute Gasteiger partial charge is 0.332 e. The van der Waals surface area contributed by atoms with Crippen LogP contribution in [-0.4, -0.2) is 22.3 Å². The number of amides is 1. The van der Waals surface area contributed by atoms with Gasteiger partial charge in [-0.15, -0.1) is 0 Å². The molecule has 1 aliphatic rings. The lowest BCUT2D eigenvalue weighted by molar-refractivity contribution is 0.0735. The van der Waals surface area contributed by atoms with Crippen molar-refractivity contribution in [2.75, 3.05) is 6.54 Å². The maximum absolute atomic E-state index is 13.3. The minimum absolute atomic E-state index is 0.0375. The van der Waals surface area contributed by atoms with Gasteiger partial charge in [-0.3, -0.25) is 9.78 Å². The Bertz CT molecular complexity index is 657. The van der Waals surface area contributed by atoms with Gasteiger partial charge in [0.25, 0.3) is 5.91 Å². The molecule has 21 heavy (non-hydrogen) atoms. The molecule has 2 aromatic rings. The third kappa shape index (κ3) is 2.66. The standard InChI is InChI=1S/C17H17FN2O/c1-12-10-13(6-7-15(12)18)17(21)20-9-3-5-16(20)14-4-2-8-19-11-14/h2,4,6-8,10-11,16H,3,5,9H2,1H3. The number of carbonyl (C=O) groups excluding carboxylic acids is 1.